The van der Waals surface area contributed by atoms with Gasteiger partial charge in [-0.25, -0.2) is 0 Å². The summed E-state index contributed by atoms with van der Waals surface area (Å²) in [6.45, 7) is 3.50. The van der Waals surface area contributed by atoms with Crippen LogP contribution in [-0.2, 0) is 0 Å². The molecule has 0 radical (unpaired) electrons. The Balaban J connectivity index is 1.47. The van der Waals surface area contributed by atoms with Gasteiger partial charge in [0.15, 0.2) is 0 Å². The average molecular weight is 259 g/mol. The van der Waals surface area contributed by atoms with Crippen molar-refractivity contribution in [1.29, 1.82) is 0 Å². The number of hydrogen-bond acceptors (Lipinski definition) is 1. The largest absolute Gasteiger partial charge is 0.314 e. The van der Waals surface area contributed by atoms with Crippen LogP contribution in [0.1, 0.15) is 69.8 Å². The van der Waals surface area contributed by atoms with Crippen molar-refractivity contribution in [3.8, 4) is 0 Å². The summed E-state index contributed by atoms with van der Waals surface area (Å²) in [4.78, 5) is 0. The number of rotatable bonds is 9. The molecule has 1 aromatic rings. The van der Waals surface area contributed by atoms with Gasteiger partial charge in [-0.1, -0.05) is 69.4 Å². The van der Waals surface area contributed by atoms with Crippen LogP contribution in [0, 0.1) is 0 Å². The third-order valence-electron chi connectivity index (χ3n) is 4.37. The van der Waals surface area contributed by atoms with Gasteiger partial charge < -0.3 is 5.32 Å². The Labute approximate surface area is 118 Å². The molecule has 0 unspecified atom stereocenters. The summed E-state index contributed by atoms with van der Waals surface area (Å²) in [5, 5.41) is 3.71. The monoisotopic (exact) mass is 259 g/mol. The zero-order valence-corrected chi connectivity index (χ0v) is 12.4. The number of nitrogens with one attached hydrogen (secondary N) is 1. The number of unbranched alkanes of at least 4 members (excludes halogenated alkanes) is 5. The molecule has 1 aromatic carbocycles. The lowest BCUT2D eigenvalue weighted by Crippen LogP contribution is -2.40. The highest BCUT2D eigenvalue weighted by molar-refractivity contribution is 5.22. The molecule has 0 aromatic heterocycles. The highest BCUT2D eigenvalue weighted by atomic mass is 14.9. The summed E-state index contributed by atoms with van der Waals surface area (Å²) in [5.74, 6) is 0.809. The molecule has 1 saturated carbocycles. The minimum absolute atomic E-state index is 0.779. The first-order valence-electron chi connectivity index (χ1n) is 8.18. The van der Waals surface area contributed by atoms with Gasteiger partial charge >= 0.3 is 0 Å². The normalized spacial score (nSPS) is 22.2. The molecule has 2 rings (SSSR count). The van der Waals surface area contributed by atoms with Gasteiger partial charge in [-0.3, -0.25) is 0 Å². The Morgan fingerprint density at radius 3 is 2.37 bits per heavy atom. The minimum atomic E-state index is 0.779. The topological polar surface area (TPSA) is 12.0 Å². The molecule has 0 bridgehead atoms. The van der Waals surface area contributed by atoms with Gasteiger partial charge in [-0.15, -0.1) is 0 Å². The fourth-order valence-corrected chi connectivity index (χ4v) is 2.99. The molecule has 1 heteroatoms. The second kappa shape index (κ2) is 8.37. The molecular weight excluding hydrogens is 230 g/mol. The van der Waals surface area contributed by atoms with E-state index in [-0.39, 0.29) is 0 Å². The van der Waals surface area contributed by atoms with E-state index in [0.717, 1.165) is 12.0 Å². The predicted molar refractivity (Wildman–Crippen MR) is 83.6 cm³/mol. The van der Waals surface area contributed by atoms with Crippen LogP contribution in [0.4, 0.5) is 0 Å². The fraction of sp³-hybridized carbons (Fsp3) is 0.667. The van der Waals surface area contributed by atoms with Crippen LogP contribution in [0.5, 0.6) is 0 Å². The van der Waals surface area contributed by atoms with E-state index in [4.69, 9.17) is 0 Å². The number of hydrogen-bond donors (Lipinski definition) is 1. The van der Waals surface area contributed by atoms with Crippen molar-refractivity contribution in [3.05, 3.63) is 35.9 Å². The first kappa shape index (κ1) is 14.6. The Morgan fingerprint density at radius 1 is 0.947 bits per heavy atom. The SMILES string of the molecule is CCCCCCCCNC1CC(c2ccccc2)C1. The fourth-order valence-electron chi connectivity index (χ4n) is 2.99. The Bertz CT molecular complexity index is 327. The Kier molecular flexibility index (Phi) is 6.43. The van der Waals surface area contributed by atoms with Crippen LogP contribution in [0.2, 0.25) is 0 Å². The lowest BCUT2D eigenvalue weighted by Gasteiger charge is -2.36. The zero-order chi connectivity index (χ0) is 13.3. The maximum absolute atomic E-state index is 3.71. The average Bonchev–Trinajstić information content (AvgIpc) is 2.40. The molecule has 0 heterocycles. The minimum Gasteiger partial charge on any atom is -0.314 e. The van der Waals surface area contributed by atoms with Crippen molar-refractivity contribution in [3.63, 3.8) is 0 Å². The lowest BCUT2D eigenvalue weighted by atomic mass is 9.76. The quantitative estimate of drug-likeness (QED) is 0.623. The zero-order valence-electron chi connectivity index (χ0n) is 12.4. The van der Waals surface area contributed by atoms with Crippen molar-refractivity contribution in [2.75, 3.05) is 6.54 Å². The van der Waals surface area contributed by atoms with Crippen LogP contribution in [0.25, 0.3) is 0 Å². The predicted octanol–water partition coefficient (Wildman–Crippen LogP) is 4.88. The summed E-state index contributed by atoms with van der Waals surface area (Å²) in [7, 11) is 0. The van der Waals surface area contributed by atoms with Crippen molar-refractivity contribution < 1.29 is 0 Å². The summed E-state index contributed by atoms with van der Waals surface area (Å²) in [5.41, 5.74) is 1.53. The summed E-state index contributed by atoms with van der Waals surface area (Å²) in [6, 6.07) is 11.7. The molecule has 0 amide bonds. The van der Waals surface area contributed by atoms with Crippen LogP contribution in [-0.4, -0.2) is 12.6 Å². The third kappa shape index (κ3) is 4.99. The van der Waals surface area contributed by atoms with Gasteiger partial charge in [0.1, 0.15) is 0 Å². The Hall–Kier alpha value is -0.820. The van der Waals surface area contributed by atoms with Gasteiger partial charge in [0.25, 0.3) is 0 Å². The second-order valence-corrected chi connectivity index (χ2v) is 6.00. The lowest BCUT2D eigenvalue weighted by molar-refractivity contribution is 0.289. The van der Waals surface area contributed by atoms with Gasteiger partial charge in [0.05, 0.1) is 0 Å². The highest BCUT2D eigenvalue weighted by Crippen LogP contribution is 2.36. The van der Waals surface area contributed by atoms with Crippen molar-refractivity contribution >= 4 is 0 Å². The maximum Gasteiger partial charge on any atom is 0.00787 e. The summed E-state index contributed by atoms with van der Waals surface area (Å²) < 4.78 is 0. The standard InChI is InChI=1S/C18H29N/c1-2-3-4-5-6-10-13-19-18-14-17(15-18)16-11-8-7-9-12-16/h7-9,11-12,17-19H,2-6,10,13-15H2,1H3. The summed E-state index contributed by atoms with van der Waals surface area (Å²) in [6.07, 6.45) is 11.0. The molecule has 0 atom stereocenters. The third-order valence-corrected chi connectivity index (χ3v) is 4.37. The van der Waals surface area contributed by atoms with Crippen LogP contribution < -0.4 is 5.32 Å². The van der Waals surface area contributed by atoms with E-state index in [2.05, 4.69) is 42.6 Å². The van der Waals surface area contributed by atoms with E-state index in [1.54, 1.807) is 0 Å². The van der Waals surface area contributed by atoms with Gasteiger partial charge in [-0.2, -0.15) is 0 Å². The Morgan fingerprint density at radius 2 is 1.63 bits per heavy atom. The first-order valence-corrected chi connectivity index (χ1v) is 8.18. The summed E-state index contributed by atoms with van der Waals surface area (Å²) >= 11 is 0. The molecule has 1 aliphatic rings. The van der Waals surface area contributed by atoms with E-state index in [1.165, 1.54) is 63.5 Å². The number of benzene rings is 1. The van der Waals surface area contributed by atoms with Crippen LogP contribution in [0.15, 0.2) is 30.3 Å². The maximum atomic E-state index is 3.71. The van der Waals surface area contributed by atoms with E-state index >= 15 is 0 Å². The molecule has 0 spiro atoms. The van der Waals surface area contributed by atoms with E-state index in [1.807, 2.05) is 0 Å². The second-order valence-electron chi connectivity index (χ2n) is 6.00. The van der Waals surface area contributed by atoms with E-state index < -0.39 is 0 Å². The van der Waals surface area contributed by atoms with Crippen LogP contribution >= 0.6 is 0 Å². The molecule has 1 fully saturated rings. The molecule has 106 valence electrons. The van der Waals surface area contributed by atoms with Gasteiger partial charge in [0, 0.05) is 6.04 Å². The molecule has 0 aliphatic heterocycles. The van der Waals surface area contributed by atoms with E-state index in [0.29, 0.717) is 0 Å². The van der Waals surface area contributed by atoms with Crippen molar-refractivity contribution in [2.24, 2.45) is 0 Å². The first-order chi connectivity index (χ1) is 9.40. The molecule has 19 heavy (non-hydrogen) atoms. The molecule has 1 N–H and O–H groups in total. The van der Waals surface area contributed by atoms with Crippen molar-refractivity contribution in [1.82, 2.24) is 5.32 Å². The smallest absolute Gasteiger partial charge is 0.00787 e. The van der Waals surface area contributed by atoms with Crippen molar-refractivity contribution in [2.45, 2.75) is 70.3 Å². The molecule has 1 aliphatic carbocycles. The van der Waals surface area contributed by atoms with Gasteiger partial charge in [0.2, 0.25) is 0 Å². The highest BCUT2D eigenvalue weighted by Gasteiger charge is 2.29. The molecule has 0 saturated heterocycles. The molecule has 1 nitrogen and oxygen atoms in total. The molecular formula is C18H29N. The van der Waals surface area contributed by atoms with E-state index in [9.17, 15) is 0 Å². The van der Waals surface area contributed by atoms with Crippen LogP contribution in [0.3, 0.4) is 0 Å². The van der Waals surface area contributed by atoms with Gasteiger partial charge in [-0.05, 0) is 37.3 Å².